The Labute approximate surface area is 218 Å². The Bertz CT molecular complexity index is 1120. The highest BCUT2D eigenvalue weighted by Gasteiger charge is 2.66. The molecule has 2 aliphatic rings. The van der Waals surface area contributed by atoms with Crippen LogP contribution in [0.15, 0.2) is 48.5 Å². The maximum Gasteiger partial charge on any atom is 0.255 e. The summed E-state index contributed by atoms with van der Waals surface area (Å²) in [5.41, 5.74) is 0.957. The van der Waals surface area contributed by atoms with Crippen LogP contribution in [0, 0.1) is 5.92 Å². The van der Waals surface area contributed by atoms with Gasteiger partial charge in [0.15, 0.2) is 17.6 Å². The van der Waals surface area contributed by atoms with E-state index in [-0.39, 0.29) is 25.0 Å². The topological polar surface area (TPSA) is 95.6 Å². The van der Waals surface area contributed by atoms with Gasteiger partial charge in [0.05, 0.1) is 19.6 Å². The second-order valence-electron chi connectivity index (χ2n) is 9.93. The SMILES string of the molecule is COc1ccc(CN2C(=O)[C@H](C)C3OC(C)(C)OC[C@]32C(=O)Nc2ccccc2CC(OC)OC)cc1. The number of nitrogens with zero attached hydrogens (tertiary/aromatic N) is 1. The summed E-state index contributed by atoms with van der Waals surface area (Å²) in [7, 11) is 4.74. The van der Waals surface area contributed by atoms with Crippen molar-refractivity contribution >= 4 is 17.5 Å². The quantitative estimate of drug-likeness (QED) is 0.515. The lowest BCUT2D eigenvalue weighted by molar-refractivity contribution is -0.303. The maximum atomic E-state index is 14.2. The Balaban J connectivity index is 1.70. The first-order valence-corrected chi connectivity index (χ1v) is 12.4. The molecule has 0 radical (unpaired) electrons. The summed E-state index contributed by atoms with van der Waals surface area (Å²) in [5.74, 6) is -1.28. The summed E-state index contributed by atoms with van der Waals surface area (Å²) >= 11 is 0. The molecule has 0 aliphatic carbocycles. The van der Waals surface area contributed by atoms with E-state index in [1.165, 1.54) is 0 Å². The second-order valence-corrected chi connectivity index (χ2v) is 9.93. The fourth-order valence-corrected chi connectivity index (χ4v) is 5.07. The molecule has 200 valence electrons. The summed E-state index contributed by atoms with van der Waals surface area (Å²) in [4.78, 5) is 29.4. The summed E-state index contributed by atoms with van der Waals surface area (Å²) < 4.78 is 28.3. The average molecular weight is 513 g/mol. The third-order valence-corrected chi connectivity index (χ3v) is 7.18. The van der Waals surface area contributed by atoms with Gasteiger partial charge in [-0.1, -0.05) is 37.3 Å². The molecular weight excluding hydrogens is 476 g/mol. The standard InChI is InChI=1S/C28H36N2O7/c1-18-24-28(17-36-27(2,3)37-24,30(25(18)31)16-19-11-13-21(33-4)14-12-19)26(32)29-22-10-8-7-9-20(22)15-23(34-5)35-6/h7-14,18,23-24H,15-17H2,1-6H3,(H,29,32)/t18-,24?,28-/m1/s1. The van der Waals surface area contributed by atoms with Crippen LogP contribution in [0.25, 0.3) is 0 Å². The molecule has 0 saturated carbocycles. The van der Waals surface area contributed by atoms with Crippen LogP contribution in [0.5, 0.6) is 5.75 Å². The number of rotatable bonds is 9. The fourth-order valence-electron chi connectivity index (χ4n) is 5.07. The number of benzene rings is 2. The molecule has 4 rings (SSSR count). The van der Waals surface area contributed by atoms with Crippen LogP contribution >= 0.6 is 0 Å². The molecule has 0 aromatic heterocycles. The summed E-state index contributed by atoms with van der Waals surface area (Å²) in [6.07, 6.45) is -0.726. The predicted molar refractivity (Wildman–Crippen MR) is 137 cm³/mol. The summed E-state index contributed by atoms with van der Waals surface area (Å²) in [6, 6.07) is 14.9. The number of carbonyl (C=O) groups is 2. The molecule has 2 heterocycles. The second kappa shape index (κ2) is 10.8. The van der Waals surface area contributed by atoms with Crippen LogP contribution in [-0.2, 0) is 41.5 Å². The van der Waals surface area contributed by atoms with Gasteiger partial charge in [-0.25, -0.2) is 0 Å². The van der Waals surface area contributed by atoms with Gasteiger partial charge in [0.1, 0.15) is 11.9 Å². The van der Waals surface area contributed by atoms with Crippen LogP contribution in [0.3, 0.4) is 0 Å². The van der Waals surface area contributed by atoms with E-state index in [0.29, 0.717) is 17.9 Å². The lowest BCUT2D eigenvalue weighted by Crippen LogP contribution is -2.67. The van der Waals surface area contributed by atoms with Crippen molar-refractivity contribution in [2.24, 2.45) is 5.92 Å². The van der Waals surface area contributed by atoms with Crippen molar-refractivity contribution in [1.82, 2.24) is 4.90 Å². The third-order valence-electron chi connectivity index (χ3n) is 7.18. The van der Waals surface area contributed by atoms with Crippen molar-refractivity contribution < 1.29 is 33.3 Å². The molecule has 0 spiro atoms. The lowest BCUT2D eigenvalue weighted by atomic mass is 9.86. The van der Waals surface area contributed by atoms with E-state index in [2.05, 4.69) is 5.32 Å². The zero-order valence-electron chi connectivity index (χ0n) is 22.3. The molecule has 2 fully saturated rings. The number of hydrogen-bond acceptors (Lipinski definition) is 7. The van der Waals surface area contributed by atoms with Crippen molar-refractivity contribution in [2.45, 2.75) is 57.5 Å². The van der Waals surface area contributed by atoms with Crippen LogP contribution in [0.4, 0.5) is 5.69 Å². The number of methoxy groups -OCH3 is 3. The molecule has 1 N–H and O–H groups in total. The highest BCUT2D eigenvalue weighted by Crippen LogP contribution is 2.45. The van der Waals surface area contributed by atoms with Gasteiger partial charge in [0.25, 0.3) is 5.91 Å². The summed E-state index contributed by atoms with van der Waals surface area (Å²) in [6.45, 7) is 5.62. The predicted octanol–water partition coefficient (Wildman–Crippen LogP) is 3.36. The number of nitrogens with one attached hydrogen (secondary N) is 1. The van der Waals surface area contributed by atoms with E-state index >= 15 is 0 Å². The number of carbonyl (C=O) groups excluding carboxylic acids is 2. The van der Waals surface area contributed by atoms with Crippen molar-refractivity contribution in [1.29, 1.82) is 0 Å². The zero-order valence-corrected chi connectivity index (χ0v) is 22.3. The van der Waals surface area contributed by atoms with E-state index in [4.69, 9.17) is 23.7 Å². The highest BCUT2D eigenvalue weighted by atomic mass is 16.7. The first-order valence-electron chi connectivity index (χ1n) is 12.4. The Hall–Kier alpha value is -2.98. The molecule has 2 aromatic carbocycles. The summed E-state index contributed by atoms with van der Waals surface area (Å²) in [5, 5.41) is 3.07. The van der Waals surface area contributed by atoms with E-state index in [9.17, 15) is 9.59 Å². The maximum absolute atomic E-state index is 14.2. The molecule has 37 heavy (non-hydrogen) atoms. The van der Waals surface area contributed by atoms with Crippen LogP contribution < -0.4 is 10.1 Å². The molecule has 2 aliphatic heterocycles. The number of anilines is 1. The fraction of sp³-hybridized carbons (Fsp3) is 0.500. The molecule has 9 nitrogen and oxygen atoms in total. The van der Waals surface area contributed by atoms with E-state index in [1.54, 1.807) is 47.0 Å². The molecule has 2 saturated heterocycles. The Morgan fingerprint density at radius 2 is 1.78 bits per heavy atom. The van der Waals surface area contributed by atoms with Gasteiger partial charge < -0.3 is 33.9 Å². The van der Waals surface area contributed by atoms with E-state index in [1.807, 2.05) is 48.5 Å². The Kier molecular flexibility index (Phi) is 7.89. The largest absolute Gasteiger partial charge is 0.497 e. The van der Waals surface area contributed by atoms with Gasteiger partial charge >= 0.3 is 0 Å². The van der Waals surface area contributed by atoms with Crippen LogP contribution in [0.2, 0.25) is 0 Å². The lowest BCUT2D eigenvalue weighted by Gasteiger charge is -2.48. The number of ether oxygens (including phenoxy) is 5. The minimum absolute atomic E-state index is 0.00364. The molecule has 3 atom stereocenters. The minimum Gasteiger partial charge on any atom is -0.497 e. The van der Waals surface area contributed by atoms with Crippen LogP contribution in [-0.4, -0.2) is 68.4 Å². The van der Waals surface area contributed by atoms with Crippen LogP contribution in [0.1, 0.15) is 31.9 Å². The van der Waals surface area contributed by atoms with E-state index < -0.39 is 29.6 Å². The van der Waals surface area contributed by atoms with Gasteiger partial charge in [-0.2, -0.15) is 0 Å². The van der Waals surface area contributed by atoms with Gasteiger partial charge in [-0.15, -0.1) is 0 Å². The third kappa shape index (κ3) is 5.22. The van der Waals surface area contributed by atoms with E-state index in [0.717, 1.165) is 11.1 Å². The number of likely N-dealkylation sites (tertiary alicyclic amines) is 1. The number of para-hydroxylation sites is 1. The monoisotopic (exact) mass is 512 g/mol. The van der Waals surface area contributed by atoms with Gasteiger partial charge in [-0.05, 0) is 43.2 Å². The van der Waals surface area contributed by atoms with Crippen molar-refractivity contribution in [3.63, 3.8) is 0 Å². The normalized spacial score (nSPS) is 24.7. The van der Waals surface area contributed by atoms with Crippen molar-refractivity contribution in [3.8, 4) is 5.75 Å². The van der Waals surface area contributed by atoms with Gasteiger partial charge in [0.2, 0.25) is 5.91 Å². The molecule has 9 heteroatoms. The van der Waals surface area contributed by atoms with Crippen molar-refractivity contribution in [2.75, 3.05) is 33.3 Å². The Morgan fingerprint density at radius 3 is 2.43 bits per heavy atom. The molecule has 0 bridgehead atoms. The molecule has 1 unspecified atom stereocenters. The number of fused-ring (bicyclic) bond motifs is 1. The first-order chi connectivity index (χ1) is 17.6. The highest BCUT2D eigenvalue weighted by molar-refractivity contribution is 6.04. The average Bonchev–Trinajstić information content (AvgIpc) is 3.10. The Morgan fingerprint density at radius 1 is 1.11 bits per heavy atom. The minimum atomic E-state index is -1.36. The molecule has 2 amide bonds. The zero-order chi connectivity index (χ0) is 26.8. The van der Waals surface area contributed by atoms with Gasteiger partial charge in [-0.3, -0.25) is 9.59 Å². The number of hydrogen-bond donors (Lipinski definition) is 1. The number of amides is 2. The van der Waals surface area contributed by atoms with Gasteiger partial charge in [0, 0.05) is 32.9 Å². The molecule has 2 aromatic rings. The first kappa shape index (κ1) is 27.1. The van der Waals surface area contributed by atoms with Crippen molar-refractivity contribution in [3.05, 3.63) is 59.7 Å². The smallest absolute Gasteiger partial charge is 0.255 e. The molecular formula is C28H36N2O7.